The van der Waals surface area contributed by atoms with Crippen LogP contribution < -0.4 is 11.2 Å². The Bertz CT molecular complexity index is 897. The number of carbonyl (C=O) groups excluding carboxylic acids is 1. The number of amides is 1. The molecule has 0 radical (unpaired) electrons. The van der Waals surface area contributed by atoms with Gasteiger partial charge in [0, 0.05) is 6.20 Å². The summed E-state index contributed by atoms with van der Waals surface area (Å²) in [5, 5.41) is 2.20. The highest BCUT2D eigenvalue weighted by molar-refractivity contribution is 7.78. The molecule has 3 aromatic rings. The average Bonchev–Trinajstić information content (AvgIpc) is 2.93. The SMILES string of the molecule is Nc1ncnc2c1ncn2NC(=O)c1ccc(N=C=S)nc1. The van der Waals surface area contributed by atoms with E-state index >= 15 is 0 Å². The lowest BCUT2D eigenvalue weighted by Crippen LogP contribution is -2.22. The molecule has 1 amide bonds. The first-order valence-corrected chi connectivity index (χ1v) is 6.38. The number of hydrogen-bond donors (Lipinski definition) is 2. The second-order valence-electron chi connectivity index (χ2n) is 4.09. The van der Waals surface area contributed by atoms with E-state index in [9.17, 15) is 4.79 Å². The molecule has 3 N–H and O–H groups in total. The highest BCUT2D eigenvalue weighted by Crippen LogP contribution is 2.13. The summed E-state index contributed by atoms with van der Waals surface area (Å²) in [5.74, 6) is 0.226. The fourth-order valence-electron chi connectivity index (χ4n) is 1.74. The molecule has 0 atom stereocenters. The van der Waals surface area contributed by atoms with Crippen LogP contribution in [-0.2, 0) is 0 Å². The molecule has 108 valence electrons. The van der Waals surface area contributed by atoms with E-state index in [1.807, 2.05) is 0 Å². The number of isothiocyanates is 1. The number of carbonyl (C=O) groups is 1. The summed E-state index contributed by atoms with van der Waals surface area (Å²) in [7, 11) is 0. The second-order valence-corrected chi connectivity index (χ2v) is 4.28. The number of nitrogens with two attached hydrogens (primary N) is 1. The Labute approximate surface area is 128 Å². The van der Waals surface area contributed by atoms with E-state index in [-0.39, 0.29) is 11.7 Å². The first-order chi connectivity index (χ1) is 10.7. The molecule has 0 aliphatic heterocycles. The number of nitrogen functional groups attached to an aromatic ring is 1. The zero-order chi connectivity index (χ0) is 15.5. The van der Waals surface area contributed by atoms with Crippen LogP contribution in [0.1, 0.15) is 10.4 Å². The molecular formula is C12H8N8OS. The van der Waals surface area contributed by atoms with E-state index in [0.29, 0.717) is 22.5 Å². The molecule has 3 heterocycles. The van der Waals surface area contributed by atoms with Gasteiger partial charge in [0.15, 0.2) is 22.8 Å². The molecule has 0 unspecified atom stereocenters. The van der Waals surface area contributed by atoms with E-state index in [4.69, 9.17) is 5.73 Å². The molecule has 0 fully saturated rings. The largest absolute Gasteiger partial charge is 0.382 e. The Hall–Kier alpha value is -3.23. The van der Waals surface area contributed by atoms with Gasteiger partial charge in [-0.1, -0.05) is 0 Å². The van der Waals surface area contributed by atoms with Crippen molar-refractivity contribution in [2.75, 3.05) is 11.2 Å². The van der Waals surface area contributed by atoms with Gasteiger partial charge in [0.1, 0.15) is 12.7 Å². The predicted molar refractivity (Wildman–Crippen MR) is 82.3 cm³/mol. The van der Waals surface area contributed by atoms with Gasteiger partial charge < -0.3 is 5.73 Å². The lowest BCUT2D eigenvalue weighted by molar-refractivity contribution is 0.101. The van der Waals surface area contributed by atoms with E-state index in [0.717, 1.165) is 0 Å². The number of rotatable bonds is 3. The van der Waals surface area contributed by atoms with Gasteiger partial charge in [0.05, 0.1) is 10.7 Å². The highest BCUT2D eigenvalue weighted by atomic mass is 32.1. The Morgan fingerprint density at radius 2 is 2.18 bits per heavy atom. The van der Waals surface area contributed by atoms with E-state index in [1.165, 1.54) is 23.5 Å². The van der Waals surface area contributed by atoms with Gasteiger partial charge >= 0.3 is 0 Å². The van der Waals surface area contributed by atoms with Crippen molar-refractivity contribution in [3.05, 3.63) is 36.5 Å². The van der Waals surface area contributed by atoms with Gasteiger partial charge in [-0.15, -0.1) is 0 Å². The summed E-state index contributed by atoms with van der Waals surface area (Å²) in [6, 6.07) is 3.12. The number of hydrogen-bond acceptors (Lipinski definition) is 8. The smallest absolute Gasteiger partial charge is 0.271 e. The Balaban J connectivity index is 1.86. The van der Waals surface area contributed by atoms with E-state index in [1.54, 1.807) is 12.1 Å². The molecule has 0 bridgehead atoms. The van der Waals surface area contributed by atoms with Gasteiger partial charge in [0.25, 0.3) is 5.91 Å². The number of aliphatic imine (C=N–C) groups is 1. The number of pyridine rings is 1. The van der Waals surface area contributed by atoms with Crippen molar-refractivity contribution in [1.82, 2.24) is 24.6 Å². The van der Waals surface area contributed by atoms with Crippen molar-refractivity contribution in [2.24, 2.45) is 4.99 Å². The van der Waals surface area contributed by atoms with E-state index in [2.05, 4.69) is 47.7 Å². The van der Waals surface area contributed by atoms with Crippen LogP contribution in [0.25, 0.3) is 11.2 Å². The van der Waals surface area contributed by atoms with Crippen molar-refractivity contribution in [1.29, 1.82) is 0 Å². The number of aromatic nitrogens is 5. The zero-order valence-electron chi connectivity index (χ0n) is 11.0. The normalized spacial score (nSPS) is 10.2. The maximum absolute atomic E-state index is 12.2. The topological polar surface area (TPSA) is 124 Å². The minimum absolute atomic E-state index is 0.238. The molecule has 10 heteroatoms. The van der Waals surface area contributed by atoms with Gasteiger partial charge in [-0.05, 0) is 24.4 Å². The molecule has 0 saturated heterocycles. The summed E-state index contributed by atoms with van der Waals surface area (Å²) in [5.41, 5.74) is 9.45. The molecular weight excluding hydrogens is 304 g/mol. The molecule has 22 heavy (non-hydrogen) atoms. The third-order valence-electron chi connectivity index (χ3n) is 2.75. The van der Waals surface area contributed by atoms with Crippen molar-refractivity contribution in [2.45, 2.75) is 0 Å². The van der Waals surface area contributed by atoms with Gasteiger partial charge in [-0.3, -0.25) is 10.2 Å². The van der Waals surface area contributed by atoms with Gasteiger partial charge in [-0.25, -0.2) is 24.6 Å². The summed E-state index contributed by atoms with van der Waals surface area (Å²) in [4.78, 5) is 31.8. The summed E-state index contributed by atoms with van der Waals surface area (Å²) >= 11 is 4.48. The van der Waals surface area contributed by atoms with Crippen LogP contribution >= 0.6 is 12.2 Å². The summed E-state index contributed by atoms with van der Waals surface area (Å²) in [6.07, 6.45) is 4.07. The first kappa shape index (κ1) is 13.7. The monoisotopic (exact) mass is 312 g/mol. The number of anilines is 1. The van der Waals surface area contributed by atoms with Crippen LogP contribution in [0.5, 0.6) is 0 Å². The Morgan fingerprint density at radius 1 is 1.32 bits per heavy atom. The fraction of sp³-hybridized carbons (Fsp3) is 0. The third-order valence-corrected chi connectivity index (χ3v) is 2.85. The Morgan fingerprint density at radius 3 is 2.91 bits per heavy atom. The Kier molecular flexibility index (Phi) is 3.52. The maximum Gasteiger partial charge on any atom is 0.271 e. The van der Waals surface area contributed by atoms with Gasteiger partial charge in [0.2, 0.25) is 0 Å². The molecule has 0 spiro atoms. The quantitative estimate of drug-likeness (QED) is 0.544. The van der Waals surface area contributed by atoms with Crippen LogP contribution in [0.15, 0.2) is 36.0 Å². The van der Waals surface area contributed by atoms with Gasteiger partial charge in [-0.2, -0.15) is 4.99 Å². The maximum atomic E-state index is 12.2. The molecule has 3 aromatic heterocycles. The van der Waals surface area contributed by atoms with Crippen LogP contribution in [0.4, 0.5) is 11.6 Å². The van der Waals surface area contributed by atoms with Crippen molar-refractivity contribution >= 4 is 46.1 Å². The fourth-order valence-corrected chi connectivity index (χ4v) is 1.84. The van der Waals surface area contributed by atoms with Crippen molar-refractivity contribution in [3.63, 3.8) is 0 Å². The van der Waals surface area contributed by atoms with Crippen LogP contribution in [0, 0.1) is 0 Å². The lowest BCUT2D eigenvalue weighted by atomic mass is 10.3. The number of fused-ring (bicyclic) bond motifs is 1. The highest BCUT2D eigenvalue weighted by Gasteiger charge is 2.11. The minimum atomic E-state index is -0.387. The molecule has 3 rings (SSSR count). The number of thiocarbonyl (C=S) groups is 1. The zero-order valence-corrected chi connectivity index (χ0v) is 11.8. The lowest BCUT2D eigenvalue weighted by Gasteiger charge is -2.06. The number of nitrogens with one attached hydrogen (secondary N) is 1. The van der Waals surface area contributed by atoms with Crippen LogP contribution in [-0.4, -0.2) is 35.7 Å². The molecule has 0 aliphatic carbocycles. The van der Waals surface area contributed by atoms with Crippen LogP contribution in [0.3, 0.4) is 0 Å². The number of imidazole rings is 1. The summed E-state index contributed by atoms with van der Waals surface area (Å²) < 4.78 is 1.36. The van der Waals surface area contributed by atoms with Crippen molar-refractivity contribution < 1.29 is 4.79 Å². The van der Waals surface area contributed by atoms with E-state index < -0.39 is 0 Å². The van der Waals surface area contributed by atoms with Crippen molar-refractivity contribution in [3.8, 4) is 0 Å². The summed E-state index contributed by atoms with van der Waals surface area (Å²) in [6.45, 7) is 0. The minimum Gasteiger partial charge on any atom is -0.382 e. The standard InChI is InChI=1S/C12H8N8OS/c13-10-9-11(16-4-15-10)20(5-17-9)19-12(21)7-1-2-8(14-3-7)18-6-22/h1-5H,(H,19,21)(H2,13,15,16). The molecule has 0 aromatic carbocycles. The van der Waals surface area contributed by atoms with Crippen LogP contribution in [0.2, 0.25) is 0 Å². The predicted octanol–water partition coefficient (Wildman–Crippen LogP) is 0.922. The molecule has 0 saturated carbocycles. The first-order valence-electron chi connectivity index (χ1n) is 5.98. The number of nitrogens with zero attached hydrogens (tertiary/aromatic N) is 6. The third kappa shape index (κ3) is 2.51. The molecule has 9 nitrogen and oxygen atoms in total. The second kappa shape index (κ2) is 5.64. The molecule has 0 aliphatic rings. The average molecular weight is 312 g/mol.